The van der Waals surface area contributed by atoms with Gasteiger partial charge in [0.1, 0.15) is 35.5 Å². The van der Waals surface area contributed by atoms with Crippen molar-refractivity contribution in [3.05, 3.63) is 41.6 Å². The Labute approximate surface area is 337 Å². The molecule has 3 fully saturated rings. The number of oxazole rings is 1. The standard InChI is InChI=1S/C41H54ClN7O8/c1-6-10-29(34(50)38(53)44-25-14-15-25)45-36(51)30-19-27(56-32-18-13-24(42)21-43-32)22-49(30)39(54)35(41(2,3)4)48-37(52)33(23-11-8-7-9-12-23)47-40-46-28-17-16-26(55-5)20-31(28)57-40/h13,16-18,20-21,23,25,27,29-30,33,35H,6-12,14-15,19,22H2,1-5H3,(H,44,53)(H,45,51)(H,46,47)(H,48,52)/t27-,29-,30?,33+,35+/m1/s1. The van der Waals surface area contributed by atoms with Crippen molar-refractivity contribution in [2.45, 2.75) is 128 Å². The second-order valence-electron chi connectivity index (χ2n) is 16.4. The molecule has 5 atom stereocenters. The van der Waals surface area contributed by atoms with Crippen molar-refractivity contribution in [1.29, 1.82) is 0 Å². The summed E-state index contributed by atoms with van der Waals surface area (Å²) in [5, 5.41) is 12.2. The van der Waals surface area contributed by atoms with Crippen LogP contribution in [0.4, 0.5) is 6.01 Å². The lowest BCUT2D eigenvalue weighted by atomic mass is 9.82. The summed E-state index contributed by atoms with van der Waals surface area (Å²) in [6.45, 7) is 7.39. The van der Waals surface area contributed by atoms with Gasteiger partial charge < -0.3 is 40.1 Å². The van der Waals surface area contributed by atoms with Gasteiger partial charge in [0.05, 0.1) is 24.7 Å². The number of anilines is 1. The van der Waals surface area contributed by atoms with Gasteiger partial charge in [-0.05, 0) is 61.6 Å². The molecule has 0 bridgehead atoms. The molecule has 2 aromatic heterocycles. The van der Waals surface area contributed by atoms with Gasteiger partial charge in [0.2, 0.25) is 29.4 Å². The molecule has 1 unspecified atom stereocenters. The number of pyridine rings is 1. The Morgan fingerprint density at radius 1 is 1.02 bits per heavy atom. The Morgan fingerprint density at radius 3 is 2.42 bits per heavy atom. The number of nitrogens with one attached hydrogen (secondary N) is 4. The number of hydrogen-bond acceptors (Lipinski definition) is 11. The van der Waals surface area contributed by atoms with E-state index in [-0.39, 0.29) is 43.2 Å². The number of aromatic nitrogens is 2. The molecule has 4 N–H and O–H groups in total. The molecule has 15 nitrogen and oxygen atoms in total. The summed E-state index contributed by atoms with van der Waals surface area (Å²) < 4.78 is 17.5. The summed E-state index contributed by atoms with van der Waals surface area (Å²) in [5.41, 5.74) is 0.286. The Hall–Kier alpha value is -4.92. The van der Waals surface area contributed by atoms with E-state index in [0.717, 1.165) is 44.9 Å². The van der Waals surface area contributed by atoms with Gasteiger partial charge in [-0.2, -0.15) is 4.98 Å². The minimum Gasteiger partial charge on any atom is -0.497 e. The minimum atomic E-state index is -1.08. The third-order valence-electron chi connectivity index (χ3n) is 10.9. The van der Waals surface area contributed by atoms with Gasteiger partial charge >= 0.3 is 0 Å². The number of halogens is 1. The number of methoxy groups -OCH3 is 1. The molecule has 308 valence electrons. The number of likely N-dealkylation sites (tertiary alicyclic amines) is 1. The zero-order valence-electron chi connectivity index (χ0n) is 33.3. The largest absolute Gasteiger partial charge is 0.497 e. The van der Waals surface area contributed by atoms with Crippen molar-refractivity contribution in [2.24, 2.45) is 11.3 Å². The Kier molecular flexibility index (Phi) is 13.3. The number of amides is 4. The van der Waals surface area contributed by atoms with Crippen LogP contribution in [0.25, 0.3) is 11.1 Å². The van der Waals surface area contributed by atoms with Crippen LogP contribution in [0, 0.1) is 11.3 Å². The van der Waals surface area contributed by atoms with E-state index in [1.165, 1.54) is 11.1 Å². The molecule has 3 aliphatic rings. The average molecular weight is 808 g/mol. The molecule has 3 aromatic rings. The van der Waals surface area contributed by atoms with Crippen molar-refractivity contribution in [1.82, 2.24) is 30.8 Å². The van der Waals surface area contributed by atoms with Crippen LogP contribution in [0.3, 0.4) is 0 Å². The minimum absolute atomic E-state index is 0.00506. The molecule has 2 aliphatic carbocycles. The molecule has 57 heavy (non-hydrogen) atoms. The molecule has 1 saturated heterocycles. The number of fused-ring (bicyclic) bond motifs is 1. The van der Waals surface area contributed by atoms with Gasteiger partial charge in [-0.3, -0.25) is 24.0 Å². The summed E-state index contributed by atoms with van der Waals surface area (Å²) in [4.78, 5) is 79.7. The van der Waals surface area contributed by atoms with Crippen molar-refractivity contribution in [3.8, 4) is 11.6 Å². The van der Waals surface area contributed by atoms with Crippen molar-refractivity contribution < 1.29 is 37.9 Å². The smallest absolute Gasteiger partial charge is 0.296 e. The lowest BCUT2D eigenvalue weighted by Crippen LogP contribution is -2.61. The second-order valence-corrected chi connectivity index (χ2v) is 16.9. The molecule has 3 heterocycles. The summed E-state index contributed by atoms with van der Waals surface area (Å²) >= 11 is 6.04. The molecular formula is C41H54ClN7O8. The predicted octanol–water partition coefficient (Wildman–Crippen LogP) is 4.96. The van der Waals surface area contributed by atoms with Crippen LogP contribution in [0.2, 0.25) is 5.02 Å². The number of Topliss-reactive ketones (excluding diaryl/α,β-unsaturated/α-hetero) is 1. The zero-order chi connectivity index (χ0) is 40.9. The number of nitrogens with zero attached hydrogens (tertiary/aromatic N) is 3. The Morgan fingerprint density at radius 2 is 1.77 bits per heavy atom. The Balaban J connectivity index is 1.25. The highest BCUT2D eigenvalue weighted by atomic mass is 35.5. The van der Waals surface area contributed by atoms with Crippen LogP contribution in [-0.2, 0) is 24.0 Å². The fourth-order valence-electron chi connectivity index (χ4n) is 7.58. The Bertz CT molecular complexity index is 1920. The number of benzene rings is 1. The van der Waals surface area contributed by atoms with Gasteiger partial charge in [0.25, 0.3) is 11.9 Å². The molecule has 1 aromatic carbocycles. The highest BCUT2D eigenvalue weighted by Gasteiger charge is 2.47. The quantitative estimate of drug-likeness (QED) is 0.143. The number of carbonyl (C=O) groups excluding carboxylic acids is 5. The highest BCUT2D eigenvalue weighted by molar-refractivity contribution is 6.38. The van der Waals surface area contributed by atoms with Gasteiger partial charge in [0, 0.05) is 30.8 Å². The van der Waals surface area contributed by atoms with E-state index in [0.29, 0.717) is 28.3 Å². The van der Waals surface area contributed by atoms with Crippen molar-refractivity contribution in [2.75, 3.05) is 19.0 Å². The number of rotatable bonds is 16. The molecule has 0 radical (unpaired) electrons. The molecule has 2 saturated carbocycles. The van der Waals surface area contributed by atoms with E-state index in [9.17, 15) is 24.0 Å². The van der Waals surface area contributed by atoms with Crippen molar-refractivity contribution >= 4 is 58.1 Å². The van der Waals surface area contributed by atoms with E-state index in [4.69, 9.17) is 25.5 Å². The first-order valence-corrected chi connectivity index (χ1v) is 20.4. The fourth-order valence-corrected chi connectivity index (χ4v) is 7.70. The summed E-state index contributed by atoms with van der Waals surface area (Å²) in [6, 6.07) is 4.64. The normalized spacial score (nSPS) is 20.3. The maximum Gasteiger partial charge on any atom is 0.296 e. The van der Waals surface area contributed by atoms with Crippen LogP contribution in [0.1, 0.15) is 91.9 Å². The maximum absolute atomic E-state index is 14.9. The summed E-state index contributed by atoms with van der Waals surface area (Å²) in [6.07, 6.45) is 7.82. The average Bonchev–Trinajstić information content (AvgIpc) is 3.75. The molecule has 0 spiro atoms. The highest BCUT2D eigenvalue weighted by Crippen LogP contribution is 2.32. The zero-order valence-corrected chi connectivity index (χ0v) is 34.0. The van der Waals surface area contributed by atoms with Gasteiger partial charge in [-0.1, -0.05) is 65.0 Å². The van der Waals surface area contributed by atoms with Crippen LogP contribution in [0.15, 0.2) is 40.9 Å². The van der Waals surface area contributed by atoms with Gasteiger partial charge in [-0.25, -0.2) is 4.98 Å². The van der Waals surface area contributed by atoms with E-state index in [1.807, 2.05) is 27.7 Å². The van der Waals surface area contributed by atoms with E-state index in [2.05, 4.69) is 31.2 Å². The topological polar surface area (TPSA) is 194 Å². The molecular weight excluding hydrogens is 754 g/mol. The first-order chi connectivity index (χ1) is 27.2. The number of hydrogen-bond donors (Lipinski definition) is 4. The number of carbonyl (C=O) groups is 5. The monoisotopic (exact) mass is 807 g/mol. The van der Waals surface area contributed by atoms with Gasteiger partial charge in [0.15, 0.2) is 5.58 Å². The fraction of sp³-hybridized carbons (Fsp3) is 0.585. The van der Waals surface area contributed by atoms with Crippen molar-refractivity contribution in [3.63, 3.8) is 0 Å². The third kappa shape index (κ3) is 10.5. The summed E-state index contributed by atoms with van der Waals surface area (Å²) in [5.74, 6) is -2.15. The first-order valence-electron chi connectivity index (χ1n) is 20.0. The van der Waals surface area contributed by atoms with Gasteiger partial charge in [-0.15, -0.1) is 0 Å². The van der Waals surface area contributed by atoms with Crippen LogP contribution in [0.5, 0.6) is 11.6 Å². The molecule has 4 amide bonds. The third-order valence-corrected chi connectivity index (χ3v) is 11.1. The SMILES string of the molecule is CCC[C@@H](NC(=O)C1C[C@@H](Oc2ccc(Cl)cn2)CN1C(=O)[C@H](NC(=O)[C@@H](Nc1nc2ccc(OC)cc2o1)C1CCCCC1)C(C)(C)C)C(=O)C(=O)NC1CC1. The van der Waals surface area contributed by atoms with E-state index < -0.39 is 65.1 Å². The maximum atomic E-state index is 14.9. The van der Waals surface area contributed by atoms with E-state index >= 15 is 0 Å². The lowest BCUT2D eigenvalue weighted by Gasteiger charge is -2.37. The van der Waals surface area contributed by atoms with Crippen LogP contribution < -0.4 is 30.7 Å². The molecule has 1 aliphatic heterocycles. The molecule has 6 rings (SSSR count). The first kappa shape index (κ1) is 41.7. The second kappa shape index (κ2) is 18.1. The number of ether oxygens (including phenoxy) is 2. The lowest BCUT2D eigenvalue weighted by molar-refractivity contribution is -0.145. The predicted molar refractivity (Wildman–Crippen MR) is 213 cm³/mol. The van der Waals surface area contributed by atoms with E-state index in [1.54, 1.807) is 37.4 Å². The summed E-state index contributed by atoms with van der Waals surface area (Å²) in [7, 11) is 1.56. The van der Waals surface area contributed by atoms with Crippen LogP contribution in [-0.4, -0.2) is 94.2 Å². The van der Waals surface area contributed by atoms with Crippen LogP contribution >= 0.6 is 11.6 Å². The molecule has 16 heteroatoms. The number of ketones is 1.